The molecule has 0 spiro atoms. The van der Waals surface area contributed by atoms with Crippen LogP contribution >= 0.6 is 0 Å². The standard InChI is InChI=1S/C38H74O6.C22H38O6/c1-3-5-7-9-11-13-15-17-19-21-23-25-27-29-31-33-35-41-37(39)43-44-38(40)42-36-34-32-30-28-26-24-22-20-18-16-14-12-10-8-6-4-2;1-21(2,3)15-7-11-17(12-8-15)25-19(23)27-28-20(24)26-18-13-9-16(10-14-18)22(4,5)6/h3-36H2,1-2H3;15-18H,7-14H2,1-6H3. The third kappa shape index (κ3) is 40.5. The minimum Gasteiger partial charge on any atom is -0.432 e. The summed E-state index contributed by atoms with van der Waals surface area (Å²) >= 11 is 0. The molecule has 0 N–H and O–H groups in total. The topological polar surface area (TPSA) is 142 Å². The maximum atomic E-state index is 11.8. The van der Waals surface area contributed by atoms with Gasteiger partial charge in [-0.25, -0.2) is 0 Å². The summed E-state index contributed by atoms with van der Waals surface area (Å²) in [5.41, 5.74) is 0.536. The number of hydrogen-bond acceptors (Lipinski definition) is 12. The molecule has 2 aliphatic carbocycles. The van der Waals surface area contributed by atoms with Crippen molar-refractivity contribution in [1.82, 2.24) is 0 Å². The molecular formula is C60H112O12. The summed E-state index contributed by atoms with van der Waals surface area (Å²) in [5, 5.41) is 0. The molecule has 0 aliphatic heterocycles. The first-order valence-electron chi connectivity index (χ1n) is 30.1. The fourth-order valence-electron chi connectivity index (χ4n) is 10.2. The maximum Gasteiger partial charge on any atom is 0.550 e. The van der Waals surface area contributed by atoms with Crippen molar-refractivity contribution in [2.45, 2.75) is 324 Å². The summed E-state index contributed by atoms with van der Waals surface area (Å²) in [5.74, 6) is 1.26. The van der Waals surface area contributed by atoms with Crippen LogP contribution in [-0.2, 0) is 38.5 Å². The molecular weight excluding hydrogens is 913 g/mol. The van der Waals surface area contributed by atoms with Crippen LogP contribution in [0.4, 0.5) is 19.2 Å². The lowest BCUT2D eigenvalue weighted by atomic mass is 9.72. The molecule has 0 amide bonds. The van der Waals surface area contributed by atoms with Crippen LogP contribution in [0.2, 0.25) is 0 Å². The Morgan fingerprint density at radius 1 is 0.306 bits per heavy atom. The minimum atomic E-state index is -0.995. The Labute approximate surface area is 441 Å². The zero-order valence-electron chi connectivity index (χ0n) is 47.9. The van der Waals surface area contributed by atoms with E-state index in [0.717, 1.165) is 89.9 Å². The highest BCUT2D eigenvalue weighted by atomic mass is 17.3. The molecule has 0 saturated heterocycles. The molecule has 2 saturated carbocycles. The van der Waals surface area contributed by atoms with Gasteiger partial charge in [-0.05, 0) is 86.9 Å². The van der Waals surface area contributed by atoms with Crippen molar-refractivity contribution < 1.29 is 57.7 Å². The quantitative estimate of drug-likeness (QED) is 0.0194. The number of carbonyl (C=O) groups excluding carboxylic acids is 4. The van der Waals surface area contributed by atoms with Gasteiger partial charge in [-0.3, -0.25) is 0 Å². The molecule has 424 valence electrons. The summed E-state index contributed by atoms with van der Waals surface area (Å²) in [4.78, 5) is 64.4. The van der Waals surface area contributed by atoms with Crippen LogP contribution in [-0.4, -0.2) is 50.0 Å². The van der Waals surface area contributed by atoms with E-state index >= 15 is 0 Å². The van der Waals surface area contributed by atoms with Crippen LogP contribution in [0.15, 0.2) is 0 Å². The van der Waals surface area contributed by atoms with E-state index in [2.05, 4.69) is 74.9 Å². The van der Waals surface area contributed by atoms with E-state index in [0.29, 0.717) is 11.8 Å². The Balaban J connectivity index is 0.000000790. The molecule has 0 aromatic rings. The van der Waals surface area contributed by atoms with Crippen LogP contribution in [0.3, 0.4) is 0 Å². The Bertz CT molecular complexity index is 1190. The van der Waals surface area contributed by atoms with Crippen LogP contribution < -0.4 is 0 Å². The Kier molecular flexibility index (Phi) is 41.4. The number of hydrogen-bond donors (Lipinski definition) is 0. The number of unbranched alkanes of at least 4 members (excludes halogenated alkanes) is 30. The molecule has 2 fully saturated rings. The van der Waals surface area contributed by atoms with E-state index in [-0.39, 0.29) is 36.3 Å². The van der Waals surface area contributed by atoms with Gasteiger partial charge in [-0.15, -0.1) is 0 Å². The van der Waals surface area contributed by atoms with E-state index in [1.54, 1.807) is 0 Å². The largest absolute Gasteiger partial charge is 0.550 e. The fraction of sp³-hybridized carbons (Fsp3) is 0.933. The summed E-state index contributed by atoms with van der Waals surface area (Å²) in [7, 11) is 0. The van der Waals surface area contributed by atoms with Gasteiger partial charge in [0.05, 0.1) is 13.2 Å². The molecule has 0 radical (unpaired) electrons. The van der Waals surface area contributed by atoms with Crippen molar-refractivity contribution in [3.63, 3.8) is 0 Å². The molecule has 0 unspecified atom stereocenters. The predicted molar refractivity (Wildman–Crippen MR) is 289 cm³/mol. The first-order valence-corrected chi connectivity index (χ1v) is 30.1. The zero-order valence-corrected chi connectivity index (χ0v) is 47.9. The zero-order chi connectivity index (χ0) is 53.0. The predicted octanol–water partition coefficient (Wildman–Crippen LogP) is 20.1. The molecule has 72 heavy (non-hydrogen) atoms. The van der Waals surface area contributed by atoms with E-state index in [1.807, 2.05) is 0 Å². The van der Waals surface area contributed by atoms with Crippen molar-refractivity contribution in [3.8, 4) is 0 Å². The highest BCUT2D eigenvalue weighted by molar-refractivity contribution is 5.64. The maximum absolute atomic E-state index is 11.8. The van der Waals surface area contributed by atoms with Crippen molar-refractivity contribution in [3.05, 3.63) is 0 Å². The molecule has 0 bridgehead atoms. The van der Waals surface area contributed by atoms with Gasteiger partial charge in [-0.1, -0.05) is 248 Å². The molecule has 12 heteroatoms. The summed E-state index contributed by atoms with van der Waals surface area (Å²) in [6, 6.07) is 0. The van der Waals surface area contributed by atoms with Gasteiger partial charge in [0.1, 0.15) is 12.2 Å². The molecule has 0 aromatic heterocycles. The Morgan fingerprint density at radius 2 is 0.514 bits per heavy atom. The highest BCUT2D eigenvalue weighted by Gasteiger charge is 2.33. The minimum absolute atomic E-state index is 0.182. The second-order valence-electron chi connectivity index (χ2n) is 23.6. The van der Waals surface area contributed by atoms with E-state index < -0.39 is 24.6 Å². The highest BCUT2D eigenvalue weighted by Crippen LogP contribution is 2.40. The van der Waals surface area contributed by atoms with Crippen LogP contribution in [0.25, 0.3) is 0 Å². The van der Waals surface area contributed by atoms with Gasteiger partial charge in [0.2, 0.25) is 0 Å². The van der Waals surface area contributed by atoms with Gasteiger partial charge in [0.15, 0.2) is 0 Å². The lowest BCUT2D eigenvalue weighted by Gasteiger charge is -2.36. The summed E-state index contributed by atoms with van der Waals surface area (Å²) in [6.45, 7) is 18.5. The van der Waals surface area contributed by atoms with Gasteiger partial charge < -0.3 is 18.9 Å². The molecule has 0 atom stereocenters. The van der Waals surface area contributed by atoms with Crippen molar-refractivity contribution >= 4 is 24.6 Å². The monoisotopic (exact) mass is 1020 g/mol. The lowest BCUT2D eigenvalue weighted by Crippen LogP contribution is -2.31. The Hall–Kier alpha value is -2.92. The third-order valence-electron chi connectivity index (χ3n) is 15.1. The van der Waals surface area contributed by atoms with Crippen molar-refractivity contribution in [1.29, 1.82) is 0 Å². The fourth-order valence-corrected chi connectivity index (χ4v) is 10.2. The second-order valence-corrected chi connectivity index (χ2v) is 23.6. The van der Waals surface area contributed by atoms with Crippen molar-refractivity contribution in [2.24, 2.45) is 22.7 Å². The Morgan fingerprint density at radius 3 is 0.736 bits per heavy atom. The summed E-state index contributed by atoms with van der Waals surface area (Å²) < 4.78 is 20.4. The molecule has 2 aliphatic rings. The van der Waals surface area contributed by atoms with Crippen LogP contribution in [0, 0.1) is 22.7 Å². The van der Waals surface area contributed by atoms with Gasteiger partial charge in [0.25, 0.3) is 0 Å². The van der Waals surface area contributed by atoms with Gasteiger partial charge in [0, 0.05) is 0 Å². The average Bonchev–Trinajstić information content (AvgIpc) is 3.34. The average molecular weight is 1030 g/mol. The second kappa shape index (κ2) is 44.4. The van der Waals surface area contributed by atoms with Gasteiger partial charge >= 0.3 is 24.6 Å². The van der Waals surface area contributed by atoms with Crippen LogP contribution in [0.5, 0.6) is 0 Å². The van der Waals surface area contributed by atoms with E-state index in [9.17, 15) is 19.2 Å². The van der Waals surface area contributed by atoms with Crippen LogP contribution in [0.1, 0.15) is 312 Å². The van der Waals surface area contributed by atoms with E-state index in [1.165, 1.54) is 167 Å². The van der Waals surface area contributed by atoms with Crippen molar-refractivity contribution in [2.75, 3.05) is 13.2 Å². The van der Waals surface area contributed by atoms with Gasteiger partial charge in [-0.2, -0.15) is 38.7 Å². The number of ether oxygens (including phenoxy) is 4. The SMILES string of the molecule is CC(C)(C)C1CCC(OC(=O)OOC(=O)OC2CCC(C(C)(C)C)CC2)CC1.CCCCCCCCCCCCCCCCCCOC(=O)OOC(=O)OCCCCCCCCCCCCCCCCCC. The first-order chi connectivity index (χ1) is 34.6. The molecule has 0 aromatic carbocycles. The summed E-state index contributed by atoms with van der Waals surface area (Å²) in [6.07, 6.45) is 44.4. The number of rotatable bonds is 36. The molecule has 0 heterocycles. The third-order valence-corrected chi connectivity index (χ3v) is 15.1. The molecule has 2 rings (SSSR count). The number of carbonyl (C=O) groups is 4. The molecule has 12 nitrogen and oxygen atoms in total. The normalized spacial score (nSPS) is 18.0. The smallest absolute Gasteiger partial charge is 0.432 e. The van der Waals surface area contributed by atoms with E-state index in [4.69, 9.17) is 18.9 Å². The lowest BCUT2D eigenvalue weighted by molar-refractivity contribution is -0.227. The first kappa shape index (κ1) is 67.1.